The Kier molecular flexibility index (Phi) is 6.79. The Morgan fingerprint density at radius 1 is 0.800 bits per heavy atom. The van der Waals surface area contributed by atoms with Crippen LogP contribution in [0.5, 0.6) is 0 Å². The van der Waals surface area contributed by atoms with E-state index in [0.717, 1.165) is 18.0 Å². The molecule has 1 aliphatic carbocycles. The molecule has 2 heterocycles. The Labute approximate surface area is 126 Å². The second-order valence-corrected chi connectivity index (χ2v) is 6.47. The summed E-state index contributed by atoms with van der Waals surface area (Å²) in [5.41, 5.74) is 0. The highest BCUT2D eigenvalue weighted by Crippen LogP contribution is 2.30. The van der Waals surface area contributed by atoms with Crippen LogP contribution >= 0.6 is 0 Å². The van der Waals surface area contributed by atoms with Gasteiger partial charge in [0.25, 0.3) is 0 Å². The van der Waals surface area contributed by atoms with Gasteiger partial charge in [-0.1, -0.05) is 27.2 Å². The lowest BCUT2D eigenvalue weighted by Gasteiger charge is -2.46. The highest BCUT2D eigenvalue weighted by molar-refractivity contribution is 4.89. The smallest absolute Gasteiger partial charge is 0.0346 e. The molecule has 3 heteroatoms. The second kappa shape index (κ2) is 8.35. The first-order chi connectivity index (χ1) is 9.86. The molecule has 0 aromatic carbocycles. The molecule has 0 bridgehead atoms. The number of rotatable bonds is 3. The molecule has 3 fully saturated rings. The van der Waals surface area contributed by atoms with Crippen LogP contribution in [-0.4, -0.2) is 61.2 Å². The minimum absolute atomic E-state index is 0.850. The summed E-state index contributed by atoms with van der Waals surface area (Å²) in [6, 6.07) is 1.76. The lowest BCUT2D eigenvalue weighted by Crippen LogP contribution is -2.62. The summed E-state index contributed by atoms with van der Waals surface area (Å²) in [4.78, 5) is 5.49. The van der Waals surface area contributed by atoms with Crippen molar-refractivity contribution in [3.63, 3.8) is 0 Å². The fourth-order valence-corrected chi connectivity index (χ4v) is 3.92. The van der Waals surface area contributed by atoms with Gasteiger partial charge >= 0.3 is 0 Å². The largest absolute Gasteiger partial charge is 0.314 e. The van der Waals surface area contributed by atoms with Gasteiger partial charge in [0.2, 0.25) is 0 Å². The number of hydrogen-bond donors (Lipinski definition) is 1. The first-order valence-corrected chi connectivity index (χ1v) is 9.05. The molecule has 3 rings (SSSR count). The van der Waals surface area contributed by atoms with E-state index in [-0.39, 0.29) is 0 Å². The van der Waals surface area contributed by atoms with E-state index < -0.39 is 0 Å². The summed E-state index contributed by atoms with van der Waals surface area (Å²) in [6.07, 6.45) is 7.28. The third-order valence-corrected chi connectivity index (χ3v) is 5.54. The molecule has 0 atom stereocenters. The molecule has 0 unspecified atom stereocenters. The van der Waals surface area contributed by atoms with E-state index in [2.05, 4.69) is 22.0 Å². The van der Waals surface area contributed by atoms with Crippen molar-refractivity contribution in [2.75, 3.05) is 39.3 Å². The number of piperazine rings is 1. The Bertz CT molecular complexity index is 249. The number of hydrogen-bond acceptors (Lipinski definition) is 3. The molecule has 1 saturated carbocycles. The van der Waals surface area contributed by atoms with E-state index >= 15 is 0 Å². The molecule has 0 aromatic rings. The quantitative estimate of drug-likeness (QED) is 0.858. The topological polar surface area (TPSA) is 18.5 Å². The van der Waals surface area contributed by atoms with Gasteiger partial charge in [-0.25, -0.2) is 0 Å². The lowest BCUT2D eigenvalue weighted by molar-refractivity contribution is 0.0372. The normalized spacial score (nSPS) is 33.1. The molecule has 1 N–H and O–H groups in total. The van der Waals surface area contributed by atoms with Crippen molar-refractivity contribution in [1.82, 2.24) is 15.1 Å². The van der Waals surface area contributed by atoms with E-state index in [0.29, 0.717) is 0 Å². The van der Waals surface area contributed by atoms with Crippen LogP contribution in [0.25, 0.3) is 0 Å². The Balaban J connectivity index is 0.000000704. The molecule has 2 saturated heterocycles. The van der Waals surface area contributed by atoms with E-state index in [4.69, 9.17) is 0 Å². The zero-order valence-corrected chi connectivity index (χ0v) is 13.9. The standard InChI is InChI=1S/C15H29N3.C2H6/c1-2-13-3-5-14(6-4-13)17-7-9-18(10-8-17)15-11-16-12-15;1-2/h13-16H,2-12H2,1H3;1-2H3. The number of nitrogens with one attached hydrogen (secondary N) is 1. The lowest BCUT2D eigenvalue weighted by atomic mass is 9.84. The predicted octanol–water partition coefficient (Wildman–Crippen LogP) is 2.57. The SMILES string of the molecule is CC.CCC1CCC(N2CCN(C3CNC3)CC2)CC1. The van der Waals surface area contributed by atoms with Gasteiger partial charge in [0.05, 0.1) is 0 Å². The van der Waals surface area contributed by atoms with Gasteiger partial charge in [-0.3, -0.25) is 9.80 Å². The zero-order chi connectivity index (χ0) is 14.4. The Hall–Kier alpha value is -0.120. The van der Waals surface area contributed by atoms with Crippen LogP contribution in [0.1, 0.15) is 52.9 Å². The van der Waals surface area contributed by atoms with Crippen molar-refractivity contribution in [2.24, 2.45) is 5.92 Å². The molecular weight excluding hydrogens is 246 g/mol. The van der Waals surface area contributed by atoms with Crippen molar-refractivity contribution in [2.45, 2.75) is 65.0 Å². The van der Waals surface area contributed by atoms with Crippen molar-refractivity contribution in [1.29, 1.82) is 0 Å². The number of nitrogens with zero attached hydrogens (tertiary/aromatic N) is 2. The van der Waals surface area contributed by atoms with Gasteiger partial charge in [-0.15, -0.1) is 0 Å². The zero-order valence-electron chi connectivity index (χ0n) is 13.9. The molecule has 0 radical (unpaired) electrons. The van der Waals surface area contributed by atoms with Crippen LogP contribution in [0.3, 0.4) is 0 Å². The van der Waals surface area contributed by atoms with Gasteiger partial charge in [-0.2, -0.15) is 0 Å². The maximum absolute atomic E-state index is 3.39. The monoisotopic (exact) mass is 281 g/mol. The molecule has 3 nitrogen and oxygen atoms in total. The summed E-state index contributed by atoms with van der Waals surface area (Å²) < 4.78 is 0. The Morgan fingerprint density at radius 3 is 1.70 bits per heavy atom. The molecular formula is C17H35N3. The summed E-state index contributed by atoms with van der Waals surface area (Å²) in [5, 5.41) is 3.39. The molecule has 0 amide bonds. The summed E-state index contributed by atoms with van der Waals surface area (Å²) in [5.74, 6) is 1.03. The molecule has 20 heavy (non-hydrogen) atoms. The third kappa shape index (κ3) is 3.96. The van der Waals surface area contributed by atoms with Crippen molar-refractivity contribution in [3.8, 4) is 0 Å². The van der Waals surface area contributed by atoms with Crippen LogP contribution in [-0.2, 0) is 0 Å². The average molecular weight is 281 g/mol. The van der Waals surface area contributed by atoms with E-state index in [1.807, 2.05) is 13.8 Å². The van der Waals surface area contributed by atoms with Crippen LogP contribution in [0, 0.1) is 5.92 Å². The van der Waals surface area contributed by atoms with Crippen LogP contribution < -0.4 is 5.32 Å². The summed E-state index contributed by atoms with van der Waals surface area (Å²) in [7, 11) is 0. The Morgan fingerprint density at radius 2 is 1.30 bits per heavy atom. The molecule has 2 aliphatic heterocycles. The third-order valence-electron chi connectivity index (χ3n) is 5.54. The van der Waals surface area contributed by atoms with Crippen LogP contribution in [0.2, 0.25) is 0 Å². The van der Waals surface area contributed by atoms with Crippen LogP contribution in [0.15, 0.2) is 0 Å². The first-order valence-electron chi connectivity index (χ1n) is 9.05. The minimum Gasteiger partial charge on any atom is -0.314 e. The van der Waals surface area contributed by atoms with Gasteiger partial charge in [0, 0.05) is 51.4 Å². The molecule has 0 aromatic heterocycles. The van der Waals surface area contributed by atoms with Gasteiger partial charge in [0.1, 0.15) is 0 Å². The van der Waals surface area contributed by atoms with Crippen molar-refractivity contribution >= 4 is 0 Å². The highest BCUT2D eigenvalue weighted by atomic mass is 15.3. The average Bonchev–Trinajstić information content (AvgIpc) is 2.49. The molecule has 118 valence electrons. The fourth-order valence-electron chi connectivity index (χ4n) is 3.92. The van der Waals surface area contributed by atoms with Gasteiger partial charge in [-0.05, 0) is 31.6 Å². The first kappa shape index (κ1) is 16.3. The van der Waals surface area contributed by atoms with E-state index in [1.54, 1.807) is 0 Å². The second-order valence-electron chi connectivity index (χ2n) is 6.47. The summed E-state index contributed by atoms with van der Waals surface area (Å²) in [6.45, 7) is 14.1. The van der Waals surface area contributed by atoms with Crippen LogP contribution in [0.4, 0.5) is 0 Å². The van der Waals surface area contributed by atoms with E-state index in [9.17, 15) is 0 Å². The predicted molar refractivity (Wildman–Crippen MR) is 87.2 cm³/mol. The highest BCUT2D eigenvalue weighted by Gasteiger charge is 2.31. The maximum Gasteiger partial charge on any atom is 0.0346 e. The minimum atomic E-state index is 0.850. The van der Waals surface area contributed by atoms with Gasteiger partial charge in [0.15, 0.2) is 0 Å². The summed E-state index contributed by atoms with van der Waals surface area (Å²) >= 11 is 0. The molecule has 3 aliphatic rings. The van der Waals surface area contributed by atoms with Crippen molar-refractivity contribution in [3.05, 3.63) is 0 Å². The maximum atomic E-state index is 3.39. The van der Waals surface area contributed by atoms with E-state index in [1.165, 1.54) is 71.4 Å². The van der Waals surface area contributed by atoms with Gasteiger partial charge < -0.3 is 5.32 Å². The molecule has 0 spiro atoms. The fraction of sp³-hybridized carbons (Fsp3) is 1.00. The van der Waals surface area contributed by atoms with Crippen molar-refractivity contribution < 1.29 is 0 Å².